The van der Waals surface area contributed by atoms with E-state index in [1.54, 1.807) is 0 Å². The number of hydrogen-bond donors (Lipinski definition) is 0. The van der Waals surface area contributed by atoms with Crippen LogP contribution in [0.3, 0.4) is 0 Å². The minimum Gasteiger partial charge on any atom is -0.367 e. The number of aromatic nitrogens is 1. The second-order valence-corrected chi connectivity index (χ2v) is 6.52. The summed E-state index contributed by atoms with van der Waals surface area (Å²) >= 11 is 9.53. The van der Waals surface area contributed by atoms with Gasteiger partial charge in [0.1, 0.15) is 5.82 Å². The fourth-order valence-corrected chi connectivity index (χ4v) is 3.17. The molecule has 0 aromatic carbocycles. The molecule has 1 unspecified atom stereocenters. The summed E-state index contributed by atoms with van der Waals surface area (Å²) in [5, 5.41) is 0. The zero-order chi connectivity index (χ0) is 13.3. The van der Waals surface area contributed by atoms with Gasteiger partial charge in [-0.1, -0.05) is 0 Å². The van der Waals surface area contributed by atoms with Crippen LogP contribution in [-0.4, -0.2) is 35.7 Å². The number of pyridine rings is 1. The predicted octanol–water partition coefficient (Wildman–Crippen LogP) is 3.38. The van der Waals surface area contributed by atoms with Crippen LogP contribution >= 0.6 is 27.5 Å². The van der Waals surface area contributed by atoms with E-state index in [0.29, 0.717) is 5.88 Å². The highest BCUT2D eigenvalue weighted by molar-refractivity contribution is 9.10. The summed E-state index contributed by atoms with van der Waals surface area (Å²) in [6, 6.07) is 2.08. The summed E-state index contributed by atoms with van der Waals surface area (Å²) in [6.07, 6.45) is 1.93. The normalized spacial score (nSPS) is 23.2. The maximum absolute atomic E-state index is 5.94. The van der Waals surface area contributed by atoms with E-state index < -0.39 is 0 Å². The van der Waals surface area contributed by atoms with E-state index in [0.717, 1.165) is 28.9 Å². The quantitative estimate of drug-likeness (QED) is 0.776. The van der Waals surface area contributed by atoms with Gasteiger partial charge in [-0.2, -0.15) is 0 Å². The molecule has 1 atom stereocenters. The van der Waals surface area contributed by atoms with Gasteiger partial charge >= 0.3 is 0 Å². The first-order valence-corrected chi connectivity index (χ1v) is 7.35. The fourth-order valence-electron chi connectivity index (χ4n) is 2.30. The van der Waals surface area contributed by atoms with Gasteiger partial charge in [-0.25, -0.2) is 4.98 Å². The van der Waals surface area contributed by atoms with Crippen LogP contribution in [0, 0.1) is 6.92 Å². The summed E-state index contributed by atoms with van der Waals surface area (Å²) in [7, 11) is 0. The van der Waals surface area contributed by atoms with Crippen LogP contribution in [0.25, 0.3) is 0 Å². The van der Waals surface area contributed by atoms with Gasteiger partial charge in [0.05, 0.1) is 22.1 Å². The molecule has 1 aromatic rings. The number of rotatable bonds is 2. The molecular weight excluding hydrogens is 316 g/mol. The number of anilines is 1. The first kappa shape index (κ1) is 14.1. The van der Waals surface area contributed by atoms with Crippen LogP contribution in [0.15, 0.2) is 16.7 Å². The van der Waals surface area contributed by atoms with Crippen molar-refractivity contribution in [3.8, 4) is 0 Å². The number of halogens is 2. The van der Waals surface area contributed by atoms with Crippen molar-refractivity contribution in [1.82, 2.24) is 4.98 Å². The number of aryl methyl sites for hydroxylation is 1. The average molecular weight is 334 g/mol. The Kier molecular flexibility index (Phi) is 4.19. The molecule has 5 heteroatoms. The standard InChI is InChI=1S/C13H18BrClN2O/c1-9-4-11(14)12(16-6-9)17-7-10(5-15)18-13(2,3)8-17/h4,6,10H,5,7-8H2,1-3H3. The number of ether oxygens (including phenoxy) is 1. The van der Waals surface area contributed by atoms with Crippen LogP contribution in [0.5, 0.6) is 0 Å². The van der Waals surface area contributed by atoms with Gasteiger partial charge in [0.15, 0.2) is 0 Å². The predicted molar refractivity (Wildman–Crippen MR) is 78.6 cm³/mol. The van der Waals surface area contributed by atoms with Crippen molar-refractivity contribution in [2.45, 2.75) is 32.5 Å². The smallest absolute Gasteiger partial charge is 0.143 e. The Bertz CT molecular complexity index is 439. The van der Waals surface area contributed by atoms with Crippen LogP contribution < -0.4 is 4.90 Å². The Labute approximate surface area is 122 Å². The molecule has 0 saturated carbocycles. The Hall–Kier alpha value is -0.320. The van der Waals surface area contributed by atoms with Crippen molar-refractivity contribution in [2.24, 2.45) is 0 Å². The SMILES string of the molecule is Cc1cnc(N2CC(CCl)OC(C)(C)C2)c(Br)c1. The Morgan fingerprint density at radius 2 is 2.33 bits per heavy atom. The molecule has 1 fully saturated rings. The molecule has 1 aliphatic rings. The fraction of sp³-hybridized carbons (Fsp3) is 0.615. The van der Waals surface area contributed by atoms with Crippen molar-refractivity contribution in [3.05, 3.63) is 22.3 Å². The molecular formula is C13H18BrClN2O. The molecule has 0 aliphatic carbocycles. The van der Waals surface area contributed by atoms with Crippen LogP contribution in [0.4, 0.5) is 5.82 Å². The maximum atomic E-state index is 5.94. The number of nitrogens with zero attached hydrogens (tertiary/aromatic N) is 2. The molecule has 0 radical (unpaired) electrons. The topological polar surface area (TPSA) is 25.4 Å². The van der Waals surface area contributed by atoms with E-state index >= 15 is 0 Å². The molecule has 0 amide bonds. The van der Waals surface area contributed by atoms with Crippen molar-refractivity contribution in [1.29, 1.82) is 0 Å². The highest BCUT2D eigenvalue weighted by atomic mass is 79.9. The highest BCUT2D eigenvalue weighted by Crippen LogP contribution is 2.30. The molecule has 1 aliphatic heterocycles. The first-order valence-electron chi connectivity index (χ1n) is 6.02. The van der Waals surface area contributed by atoms with Crippen LogP contribution in [0.2, 0.25) is 0 Å². The van der Waals surface area contributed by atoms with Crippen LogP contribution in [0.1, 0.15) is 19.4 Å². The molecule has 0 spiro atoms. The number of morpholine rings is 1. The van der Waals surface area contributed by atoms with Crippen molar-refractivity contribution in [3.63, 3.8) is 0 Å². The lowest BCUT2D eigenvalue weighted by atomic mass is 10.1. The lowest BCUT2D eigenvalue weighted by Crippen LogP contribution is -2.53. The zero-order valence-electron chi connectivity index (χ0n) is 10.9. The van der Waals surface area contributed by atoms with E-state index in [-0.39, 0.29) is 11.7 Å². The molecule has 18 heavy (non-hydrogen) atoms. The van der Waals surface area contributed by atoms with Crippen molar-refractivity contribution < 1.29 is 4.74 Å². The largest absolute Gasteiger partial charge is 0.367 e. The molecule has 3 nitrogen and oxygen atoms in total. The van der Waals surface area contributed by atoms with E-state index in [4.69, 9.17) is 16.3 Å². The van der Waals surface area contributed by atoms with Gasteiger partial charge < -0.3 is 9.64 Å². The monoisotopic (exact) mass is 332 g/mol. The van der Waals surface area contributed by atoms with Gasteiger partial charge in [0.25, 0.3) is 0 Å². The Morgan fingerprint density at radius 3 is 2.94 bits per heavy atom. The van der Waals surface area contributed by atoms with Gasteiger partial charge in [0, 0.05) is 19.3 Å². The average Bonchev–Trinajstić information content (AvgIpc) is 2.26. The first-order chi connectivity index (χ1) is 8.41. The Balaban J connectivity index is 2.26. The second-order valence-electron chi connectivity index (χ2n) is 5.35. The van der Waals surface area contributed by atoms with E-state index in [2.05, 4.69) is 45.7 Å². The summed E-state index contributed by atoms with van der Waals surface area (Å²) in [4.78, 5) is 6.75. The van der Waals surface area contributed by atoms with Gasteiger partial charge in [-0.05, 0) is 48.3 Å². The molecule has 1 aromatic heterocycles. The molecule has 0 bridgehead atoms. The van der Waals surface area contributed by atoms with Gasteiger partial charge in [-0.15, -0.1) is 11.6 Å². The second kappa shape index (κ2) is 5.35. The van der Waals surface area contributed by atoms with Gasteiger partial charge in [0.2, 0.25) is 0 Å². The third-order valence-electron chi connectivity index (χ3n) is 2.91. The summed E-state index contributed by atoms with van der Waals surface area (Å²) in [6.45, 7) is 7.80. The molecule has 1 saturated heterocycles. The molecule has 2 heterocycles. The zero-order valence-corrected chi connectivity index (χ0v) is 13.3. The number of hydrogen-bond acceptors (Lipinski definition) is 3. The van der Waals surface area contributed by atoms with Crippen molar-refractivity contribution >= 4 is 33.3 Å². The summed E-state index contributed by atoms with van der Waals surface area (Å²) in [5.41, 5.74) is 0.941. The number of alkyl halides is 1. The Morgan fingerprint density at radius 1 is 1.61 bits per heavy atom. The summed E-state index contributed by atoms with van der Waals surface area (Å²) < 4.78 is 6.94. The van der Waals surface area contributed by atoms with Crippen molar-refractivity contribution in [2.75, 3.05) is 23.9 Å². The summed E-state index contributed by atoms with van der Waals surface area (Å²) in [5.74, 6) is 1.47. The molecule has 0 N–H and O–H groups in total. The van der Waals surface area contributed by atoms with E-state index in [1.807, 2.05) is 13.1 Å². The highest BCUT2D eigenvalue weighted by Gasteiger charge is 2.34. The minimum atomic E-state index is -0.205. The molecule has 2 rings (SSSR count). The maximum Gasteiger partial charge on any atom is 0.143 e. The van der Waals surface area contributed by atoms with Gasteiger partial charge in [-0.3, -0.25) is 0 Å². The third kappa shape index (κ3) is 3.16. The minimum absolute atomic E-state index is 0.0467. The van der Waals surface area contributed by atoms with Crippen LogP contribution in [-0.2, 0) is 4.74 Å². The molecule has 100 valence electrons. The lowest BCUT2D eigenvalue weighted by Gasteiger charge is -2.43. The van der Waals surface area contributed by atoms with E-state index in [9.17, 15) is 0 Å². The lowest BCUT2D eigenvalue weighted by molar-refractivity contribution is -0.0736. The van der Waals surface area contributed by atoms with E-state index in [1.165, 1.54) is 0 Å². The third-order valence-corrected chi connectivity index (χ3v) is 3.84.